The quantitative estimate of drug-likeness (QED) is 0.373. The van der Waals surface area contributed by atoms with Gasteiger partial charge in [-0.3, -0.25) is 4.55 Å². The highest BCUT2D eigenvalue weighted by Crippen LogP contribution is 2.15. The summed E-state index contributed by atoms with van der Waals surface area (Å²) in [4.78, 5) is 6.48. The summed E-state index contributed by atoms with van der Waals surface area (Å²) in [6.45, 7) is 4.63. The van der Waals surface area contributed by atoms with E-state index in [2.05, 4.69) is 16.2 Å². The van der Waals surface area contributed by atoms with Crippen molar-refractivity contribution >= 4 is 22.0 Å². The number of aryl methyl sites for hydroxylation is 1. The molecule has 0 spiro atoms. The first-order valence-corrected chi connectivity index (χ1v) is 8.98. The second-order valence-corrected chi connectivity index (χ2v) is 6.31. The molecule has 10 nitrogen and oxygen atoms in total. The van der Waals surface area contributed by atoms with Crippen LogP contribution >= 0.6 is 0 Å². The first-order valence-electron chi connectivity index (χ1n) is 7.62. The second kappa shape index (κ2) is 8.97. The zero-order valence-electron chi connectivity index (χ0n) is 13.6. The van der Waals surface area contributed by atoms with Crippen molar-refractivity contribution in [3.8, 4) is 0 Å². The summed E-state index contributed by atoms with van der Waals surface area (Å²) in [5.41, 5.74) is 5.90. The molecule has 1 aromatic rings. The maximum absolute atomic E-state index is 11.0. The standard InChI is InChI=1S/C13H22N4O5S.H2O/c1-2-3-4-5-12-15-13(16-6-8-21-9-7-16)10-11(14)17(12)22-23(18,19)20;/h10,14H,2-9H2,1H3,(H,18,19,20);1H2. The number of aromatic nitrogens is 2. The Kier molecular flexibility index (Phi) is 7.60. The van der Waals surface area contributed by atoms with E-state index in [1.165, 1.54) is 6.07 Å². The summed E-state index contributed by atoms with van der Waals surface area (Å²) in [6, 6.07) is 1.53. The number of hydrogen-bond acceptors (Lipinski definition) is 8. The van der Waals surface area contributed by atoms with Gasteiger partial charge in [0.25, 0.3) is 11.6 Å². The van der Waals surface area contributed by atoms with Gasteiger partial charge in [0.2, 0.25) is 5.82 Å². The molecule has 0 bridgehead atoms. The molecular weight excluding hydrogens is 340 g/mol. The molecule has 1 fully saturated rings. The Hall–Kier alpha value is -1.69. The average Bonchev–Trinajstić information content (AvgIpc) is 2.50. The number of unbranched alkanes of at least 4 members (excludes halogenated alkanes) is 2. The number of nitrogens with zero attached hydrogens (tertiary/aromatic N) is 3. The average molecular weight is 364 g/mol. The lowest BCUT2D eigenvalue weighted by molar-refractivity contribution is -0.853. The fourth-order valence-electron chi connectivity index (χ4n) is 2.38. The van der Waals surface area contributed by atoms with Gasteiger partial charge in [-0.05, 0) is 11.2 Å². The van der Waals surface area contributed by atoms with Crippen molar-refractivity contribution < 1.29 is 32.2 Å². The van der Waals surface area contributed by atoms with Crippen LogP contribution in [0.4, 0.5) is 11.6 Å². The van der Waals surface area contributed by atoms with E-state index >= 15 is 0 Å². The largest absolute Gasteiger partial charge is 0.870 e. The molecule has 24 heavy (non-hydrogen) atoms. The van der Waals surface area contributed by atoms with Crippen LogP contribution in [0.3, 0.4) is 0 Å². The van der Waals surface area contributed by atoms with Crippen LogP contribution in [0.25, 0.3) is 0 Å². The van der Waals surface area contributed by atoms with E-state index in [1.54, 1.807) is 0 Å². The number of nitrogen functional groups attached to an aromatic ring is 1. The molecule has 1 saturated heterocycles. The molecule has 0 aromatic carbocycles. The monoisotopic (exact) mass is 364 g/mol. The molecule has 0 aliphatic carbocycles. The lowest BCUT2D eigenvalue weighted by Crippen LogP contribution is -2.52. The molecule has 11 heteroatoms. The van der Waals surface area contributed by atoms with Gasteiger partial charge in [0, 0.05) is 19.5 Å². The van der Waals surface area contributed by atoms with Crippen LogP contribution < -0.4 is 19.6 Å². The highest BCUT2D eigenvalue weighted by molar-refractivity contribution is 7.80. The van der Waals surface area contributed by atoms with Crippen molar-refractivity contribution in [2.24, 2.45) is 0 Å². The second-order valence-electron chi connectivity index (χ2n) is 5.31. The Morgan fingerprint density at radius 1 is 1.42 bits per heavy atom. The first-order chi connectivity index (χ1) is 10.9. The van der Waals surface area contributed by atoms with Gasteiger partial charge in [0.15, 0.2) is 0 Å². The van der Waals surface area contributed by atoms with Crippen molar-refractivity contribution in [2.45, 2.75) is 32.6 Å². The van der Waals surface area contributed by atoms with E-state index in [1.807, 2.05) is 4.90 Å². The van der Waals surface area contributed by atoms with Gasteiger partial charge in [0.1, 0.15) is 0 Å². The zero-order valence-corrected chi connectivity index (χ0v) is 14.4. The molecule has 1 aliphatic rings. The SMILES string of the molecule is CCCCCc1nc(N2CCOCC2)cc(N)[n+]1OS(=O)(=O)O.[OH-]. The molecule has 4 N–H and O–H groups in total. The van der Waals surface area contributed by atoms with Gasteiger partial charge in [-0.15, -0.1) is 0 Å². The van der Waals surface area contributed by atoms with Gasteiger partial charge in [-0.1, -0.05) is 24.7 Å². The smallest absolute Gasteiger partial charge is 0.476 e. The van der Waals surface area contributed by atoms with E-state index in [4.69, 9.17) is 15.0 Å². The predicted molar refractivity (Wildman–Crippen MR) is 85.2 cm³/mol. The number of rotatable bonds is 7. The van der Waals surface area contributed by atoms with E-state index in [-0.39, 0.29) is 11.3 Å². The lowest BCUT2D eigenvalue weighted by Gasteiger charge is -2.26. The number of anilines is 2. The number of nitrogens with two attached hydrogens (primary N) is 1. The molecule has 2 heterocycles. The highest BCUT2D eigenvalue weighted by Gasteiger charge is 2.25. The maximum Gasteiger partial charge on any atom is 0.476 e. The summed E-state index contributed by atoms with van der Waals surface area (Å²) in [5, 5.41) is 0. The topological polar surface area (TPSA) is 149 Å². The first kappa shape index (κ1) is 20.4. The molecular formula is C13H24N4O6S. The number of hydrogen-bond donors (Lipinski definition) is 2. The van der Waals surface area contributed by atoms with Crippen molar-refractivity contribution in [1.29, 1.82) is 0 Å². The maximum atomic E-state index is 11.0. The van der Waals surface area contributed by atoms with E-state index in [9.17, 15) is 8.42 Å². The normalized spacial score (nSPS) is 15.0. The van der Waals surface area contributed by atoms with Gasteiger partial charge in [-0.25, -0.2) is 4.28 Å². The molecule has 1 aliphatic heterocycles. The van der Waals surface area contributed by atoms with Crippen LogP contribution in [0.15, 0.2) is 6.07 Å². The Morgan fingerprint density at radius 3 is 2.67 bits per heavy atom. The Morgan fingerprint density at radius 2 is 2.08 bits per heavy atom. The van der Waals surface area contributed by atoms with Crippen molar-refractivity contribution in [3.05, 3.63) is 11.9 Å². The van der Waals surface area contributed by atoms with Crippen LogP contribution in [0, 0.1) is 0 Å². The summed E-state index contributed by atoms with van der Waals surface area (Å²) in [7, 11) is -4.68. The van der Waals surface area contributed by atoms with Crippen molar-refractivity contribution in [1.82, 2.24) is 4.98 Å². The van der Waals surface area contributed by atoms with Gasteiger partial charge >= 0.3 is 10.4 Å². The molecule has 1 aromatic heterocycles. The van der Waals surface area contributed by atoms with Crippen LogP contribution in [0.1, 0.15) is 32.0 Å². The third kappa shape index (κ3) is 5.74. The summed E-state index contributed by atoms with van der Waals surface area (Å²) < 4.78 is 41.7. The summed E-state index contributed by atoms with van der Waals surface area (Å²) in [6.07, 6.45) is 3.28. The summed E-state index contributed by atoms with van der Waals surface area (Å²) >= 11 is 0. The van der Waals surface area contributed by atoms with Gasteiger partial charge < -0.3 is 20.8 Å². The highest BCUT2D eigenvalue weighted by atomic mass is 32.3. The molecule has 2 rings (SSSR count). The van der Waals surface area contributed by atoms with E-state index in [0.29, 0.717) is 44.4 Å². The van der Waals surface area contributed by atoms with Crippen molar-refractivity contribution in [2.75, 3.05) is 36.9 Å². The Labute approximate surface area is 141 Å². The summed E-state index contributed by atoms with van der Waals surface area (Å²) in [5.74, 6) is 1.07. The lowest BCUT2D eigenvalue weighted by atomic mass is 10.2. The van der Waals surface area contributed by atoms with Crippen LogP contribution in [0.2, 0.25) is 0 Å². The third-order valence-electron chi connectivity index (χ3n) is 3.50. The molecule has 0 radical (unpaired) electrons. The fourth-order valence-corrected chi connectivity index (χ4v) is 2.74. The number of ether oxygens (including phenoxy) is 1. The van der Waals surface area contributed by atoms with Crippen molar-refractivity contribution in [3.63, 3.8) is 0 Å². The third-order valence-corrected chi connectivity index (χ3v) is 3.83. The zero-order chi connectivity index (χ0) is 16.9. The Balaban J connectivity index is 0.00000288. The minimum Gasteiger partial charge on any atom is -0.870 e. The fraction of sp³-hybridized carbons (Fsp3) is 0.692. The molecule has 0 amide bonds. The van der Waals surface area contributed by atoms with E-state index < -0.39 is 10.4 Å². The molecule has 0 unspecified atom stereocenters. The molecule has 0 saturated carbocycles. The molecule has 138 valence electrons. The van der Waals surface area contributed by atoms with Gasteiger partial charge in [0.05, 0.1) is 19.3 Å². The van der Waals surface area contributed by atoms with Crippen LogP contribution in [0.5, 0.6) is 0 Å². The van der Waals surface area contributed by atoms with E-state index in [0.717, 1.165) is 24.0 Å². The predicted octanol–water partition coefficient (Wildman–Crippen LogP) is -0.425. The minimum absolute atomic E-state index is 0. The molecule has 0 atom stereocenters. The Bertz CT molecular complexity index is 634. The van der Waals surface area contributed by atoms with Crippen LogP contribution in [-0.2, 0) is 21.6 Å². The number of morpholine rings is 1. The van der Waals surface area contributed by atoms with Crippen LogP contribution in [-0.4, -0.2) is 49.7 Å². The van der Waals surface area contributed by atoms with Gasteiger partial charge in [-0.2, -0.15) is 8.42 Å². The minimum atomic E-state index is -4.68.